The third-order valence-corrected chi connectivity index (χ3v) is 5.12. The highest BCUT2D eigenvalue weighted by atomic mass is 16.2. The van der Waals surface area contributed by atoms with E-state index in [2.05, 4.69) is 5.32 Å². The molecule has 1 heterocycles. The summed E-state index contributed by atoms with van der Waals surface area (Å²) in [4.78, 5) is 40.6. The molecule has 0 bridgehead atoms. The van der Waals surface area contributed by atoms with Crippen molar-refractivity contribution in [2.24, 2.45) is 5.92 Å². The Balaban J connectivity index is 1.75. The normalized spacial score (nSPS) is 23.4. The van der Waals surface area contributed by atoms with Crippen LogP contribution in [0, 0.1) is 12.8 Å². The van der Waals surface area contributed by atoms with Gasteiger partial charge in [-0.1, -0.05) is 25.0 Å². The van der Waals surface area contributed by atoms with Crippen molar-refractivity contribution >= 4 is 23.5 Å². The number of hydrogen-bond acceptors (Lipinski definition) is 3. The maximum atomic E-state index is 12.7. The highest BCUT2D eigenvalue weighted by molar-refractivity contribution is 6.01. The third-order valence-electron chi connectivity index (χ3n) is 5.12. The van der Waals surface area contributed by atoms with Gasteiger partial charge in [0.05, 0.1) is 5.92 Å². The van der Waals surface area contributed by atoms with Crippen LogP contribution in [0.1, 0.15) is 38.2 Å². The van der Waals surface area contributed by atoms with E-state index < -0.39 is 0 Å². The Labute approximate surface area is 148 Å². The lowest BCUT2D eigenvalue weighted by atomic mass is 9.81. The highest BCUT2D eigenvalue weighted by Crippen LogP contribution is 2.34. The molecule has 3 rings (SSSR count). The van der Waals surface area contributed by atoms with Crippen molar-refractivity contribution in [3.8, 4) is 0 Å². The van der Waals surface area contributed by atoms with E-state index in [0.717, 1.165) is 36.9 Å². The van der Waals surface area contributed by atoms with Gasteiger partial charge >= 0.3 is 6.03 Å². The minimum Gasteiger partial charge on any atom is -0.325 e. The Morgan fingerprint density at radius 2 is 2.00 bits per heavy atom. The van der Waals surface area contributed by atoms with Crippen LogP contribution in [0.2, 0.25) is 0 Å². The van der Waals surface area contributed by atoms with Crippen LogP contribution >= 0.6 is 0 Å². The third kappa shape index (κ3) is 3.52. The summed E-state index contributed by atoms with van der Waals surface area (Å²) in [6, 6.07) is 7.07. The molecule has 4 amide bonds. The molecule has 0 radical (unpaired) electrons. The number of rotatable bonds is 4. The number of amides is 4. The van der Waals surface area contributed by atoms with E-state index in [1.165, 1.54) is 4.90 Å². The zero-order valence-corrected chi connectivity index (χ0v) is 14.8. The average molecular weight is 343 g/mol. The fraction of sp³-hybridized carbons (Fsp3) is 0.526. The first-order chi connectivity index (χ1) is 12.0. The lowest BCUT2D eigenvalue weighted by Gasteiger charge is -2.46. The van der Waals surface area contributed by atoms with E-state index in [4.69, 9.17) is 0 Å². The maximum Gasteiger partial charge on any atom is 0.327 e. The monoisotopic (exact) mass is 343 g/mol. The van der Waals surface area contributed by atoms with Crippen LogP contribution in [0.4, 0.5) is 10.5 Å². The van der Waals surface area contributed by atoms with Gasteiger partial charge < -0.3 is 10.2 Å². The summed E-state index contributed by atoms with van der Waals surface area (Å²) in [7, 11) is 0. The highest BCUT2D eigenvalue weighted by Gasteiger charge is 2.46. The topological polar surface area (TPSA) is 69.7 Å². The first kappa shape index (κ1) is 17.5. The number of nitrogens with one attached hydrogen (secondary N) is 1. The van der Waals surface area contributed by atoms with Crippen molar-refractivity contribution in [1.82, 2.24) is 9.80 Å². The van der Waals surface area contributed by atoms with Crippen molar-refractivity contribution in [2.45, 2.75) is 45.6 Å². The molecule has 134 valence electrons. The summed E-state index contributed by atoms with van der Waals surface area (Å²) in [5, 5.41) is 2.85. The van der Waals surface area contributed by atoms with E-state index in [9.17, 15) is 14.4 Å². The number of nitrogens with zero attached hydrogens (tertiary/aromatic N) is 2. The number of urea groups is 1. The molecule has 1 saturated carbocycles. The van der Waals surface area contributed by atoms with Gasteiger partial charge in [0.15, 0.2) is 0 Å². The van der Waals surface area contributed by atoms with Crippen molar-refractivity contribution in [3.05, 3.63) is 29.8 Å². The lowest BCUT2D eigenvalue weighted by molar-refractivity contribution is -0.141. The number of carbonyl (C=O) groups excluding carboxylic acids is 3. The molecule has 6 nitrogen and oxygen atoms in total. The fourth-order valence-corrected chi connectivity index (χ4v) is 3.92. The Morgan fingerprint density at radius 1 is 1.24 bits per heavy atom. The van der Waals surface area contributed by atoms with Gasteiger partial charge in [0.2, 0.25) is 11.8 Å². The zero-order chi connectivity index (χ0) is 18.0. The predicted octanol–water partition coefficient (Wildman–Crippen LogP) is 2.78. The quantitative estimate of drug-likeness (QED) is 0.914. The molecular weight excluding hydrogens is 318 g/mol. The molecule has 25 heavy (non-hydrogen) atoms. The number of imide groups is 1. The van der Waals surface area contributed by atoms with Gasteiger partial charge in [-0.3, -0.25) is 14.5 Å². The summed E-state index contributed by atoms with van der Waals surface area (Å²) in [6.07, 6.45) is 3.58. The smallest absolute Gasteiger partial charge is 0.325 e. The molecule has 1 aliphatic heterocycles. The van der Waals surface area contributed by atoms with Crippen LogP contribution in [-0.4, -0.2) is 46.8 Å². The zero-order valence-electron chi connectivity index (χ0n) is 14.8. The molecule has 1 aromatic rings. The Hall–Kier alpha value is -2.37. The standard InChI is InChI=1S/C19H25N3O3/c1-3-21-18(24)15-9-4-5-10-16(15)22(19(21)25)12-17(23)20-14-8-6-7-13(2)11-14/h6-8,11,15-16H,3-5,9-10,12H2,1-2H3,(H,20,23). The molecule has 2 unspecified atom stereocenters. The molecule has 0 spiro atoms. The number of hydrogen-bond donors (Lipinski definition) is 1. The SMILES string of the molecule is CCN1C(=O)C2CCCCC2N(CC(=O)Nc2cccc(C)c2)C1=O. The second-order valence-corrected chi connectivity index (χ2v) is 6.87. The van der Waals surface area contributed by atoms with Gasteiger partial charge in [0.25, 0.3) is 0 Å². The van der Waals surface area contributed by atoms with Crippen molar-refractivity contribution in [2.75, 3.05) is 18.4 Å². The summed E-state index contributed by atoms with van der Waals surface area (Å²) >= 11 is 0. The van der Waals surface area contributed by atoms with E-state index in [-0.39, 0.29) is 36.3 Å². The number of fused-ring (bicyclic) bond motifs is 1. The lowest BCUT2D eigenvalue weighted by Crippen LogP contribution is -2.63. The minimum atomic E-state index is -0.338. The first-order valence-electron chi connectivity index (χ1n) is 8.99. The average Bonchev–Trinajstić information content (AvgIpc) is 2.59. The molecule has 2 aliphatic rings. The van der Waals surface area contributed by atoms with E-state index in [0.29, 0.717) is 6.54 Å². The molecule has 2 atom stereocenters. The molecule has 0 aromatic heterocycles. The van der Waals surface area contributed by atoms with E-state index in [1.807, 2.05) is 31.2 Å². The second kappa shape index (κ2) is 7.25. The van der Waals surface area contributed by atoms with Crippen LogP contribution in [0.5, 0.6) is 0 Å². The molecular formula is C19H25N3O3. The molecule has 1 aromatic carbocycles. The molecule has 2 fully saturated rings. The van der Waals surface area contributed by atoms with Crippen LogP contribution in [0.25, 0.3) is 0 Å². The Morgan fingerprint density at radius 3 is 2.72 bits per heavy atom. The van der Waals surface area contributed by atoms with Crippen molar-refractivity contribution in [1.29, 1.82) is 0 Å². The van der Waals surface area contributed by atoms with E-state index >= 15 is 0 Å². The van der Waals surface area contributed by atoms with Gasteiger partial charge in [-0.25, -0.2) is 4.79 Å². The predicted molar refractivity (Wildman–Crippen MR) is 95.0 cm³/mol. The first-order valence-corrected chi connectivity index (χ1v) is 8.99. The number of aryl methyl sites for hydroxylation is 1. The summed E-state index contributed by atoms with van der Waals surface area (Å²) in [6.45, 7) is 4.08. The number of benzene rings is 1. The maximum absolute atomic E-state index is 12.7. The Kier molecular flexibility index (Phi) is 5.06. The fourth-order valence-electron chi connectivity index (χ4n) is 3.92. The van der Waals surface area contributed by atoms with Crippen molar-refractivity contribution < 1.29 is 14.4 Å². The summed E-state index contributed by atoms with van der Waals surface area (Å²) in [5.41, 5.74) is 1.78. The van der Waals surface area contributed by atoms with Gasteiger partial charge in [0, 0.05) is 18.3 Å². The van der Waals surface area contributed by atoms with Crippen LogP contribution in [-0.2, 0) is 9.59 Å². The molecule has 1 aliphatic carbocycles. The minimum absolute atomic E-state index is 0.0161. The van der Waals surface area contributed by atoms with Crippen LogP contribution < -0.4 is 5.32 Å². The summed E-state index contributed by atoms with van der Waals surface area (Å²) in [5.74, 6) is -0.473. The van der Waals surface area contributed by atoms with Crippen LogP contribution in [0.3, 0.4) is 0 Å². The van der Waals surface area contributed by atoms with E-state index in [1.54, 1.807) is 11.8 Å². The Bertz CT molecular complexity index is 688. The largest absolute Gasteiger partial charge is 0.327 e. The summed E-state index contributed by atoms with van der Waals surface area (Å²) < 4.78 is 0. The van der Waals surface area contributed by atoms with Gasteiger partial charge in [-0.15, -0.1) is 0 Å². The van der Waals surface area contributed by atoms with Gasteiger partial charge in [0.1, 0.15) is 6.54 Å². The number of anilines is 1. The molecule has 1 N–H and O–H groups in total. The number of carbonyl (C=O) groups is 3. The van der Waals surface area contributed by atoms with Crippen molar-refractivity contribution in [3.63, 3.8) is 0 Å². The molecule has 1 saturated heterocycles. The molecule has 6 heteroatoms. The second-order valence-electron chi connectivity index (χ2n) is 6.87. The van der Waals surface area contributed by atoms with Gasteiger partial charge in [-0.2, -0.15) is 0 Å². The van der Waals surface area contributed by atoms with Gasteiger partial charge in [-0.05, 0) is 44.4 Å². The van der Waals surface area contributed by atoms with Crippen LogP contribution in [0.15, 0.2) is 24.3 Å².